The molecule has 0 saturated heterocycles. The smallest absolute Gasteiger partial charge is 0.272 e. The fraction of sp³-hybridized carbons (Fsp3) is 0.333. The van der Waals surface area contributed by atoms with E-state index in [0.717, 1.165) is 36.2 Å². The molecule has 1 aliphatic rings. The van der Waals surface area contributed by atoms with Gasteiger partial charge in [0, 0.05) is 29.4 Å². The van der Waals surface area contributed by atoms with Crippen molar-refractivity contribution in [2.45, 2.75) is 19.3 Å². The van der Waals surface area contributed by atoms with Gasteiger partial charge in [-0.1, -0.05) is 23.2 Å². The van der Waals surface area contributed by atoms with E-state index in [1.807, 2.05) is 6.07 Å². The Morgan fingerprint density at radius 3 is 2.91 bits per heavy atom. The second kappa shape index (κ2) is 6.28. The monoisotopic (exact) mass is 338 g/mol. The van der Waals surface area contributed by atoms with E-state index in [9.17, 15) is 4.79 Å². The van der Waals surface area contributed by atoms with Gasteiger partial charge in [-0.2, -0.15) is 5.10 Å². The van der Waals surface area contributed by atoms with Gasteiger partial charge in [-0.15, -0.1) is 0 Å². The van der Waals surface area contributed by atoms with Crippen LogP contribution in [0.4, 0.5) is 0 Å². The molecule has 1 aromatic carbocycles. The molecule has 0 fully saturated rings. The Bertz CT molecular complexity index is 727. The van der Waals surface area contributed by atoms with Gasteiger partial charge >= 0.3 is 0 Å². The first kappa shape index (κ1) is 15.3. The molecule has 0 saturated carbocycles. The minimum atomic E-state index is -0.188. The molecular weight excluding hydrogens is 323 g/mol. The lowest BCUT2D eigenvalue weighted by Gasteiger charge is -2.08. The van der Waals surface area contributed by atoms with Gasteiger partial charge in [-0.3, -0.25) is 4.79 Å². The molecule has 3 rings (SSSR count). The minimum absolute atomic E-state index is 0.188. The Kier molecular flexibility index (Phi) is 4.38. The average Bonchev–Trinajstić information content (AvgIpc) is 3.07. The van der Waals surface area contributed by atoms with Crippen molar-refractivity contribution in [1.29, 1.82) is 0 Å². The number of benzene rings is 1. The molecule has 22 heavy (non-hydrogen) atoms. The number of hydrogen-bond donors (Lipinski definition) is 2. The SMILES string of the molecule is NCCNC(=O)c1nn(-c2ccc(Cl)cc2Cl)c2c1CCC2. The van der Waals surface area contributed by atoms with E-state index < -0.39 is 0 Å². The minimum Gasteiger partial charge on any atom is -0.349 e. The van der Waals surface area contributed by atoms with E-state index in [1.165, 1.54) is 0 Å². The summed E-state index contributed by atoms with van der Waals surface area (Å²) in [5.41, 5.74) is 8.67. The highest BCUT2D eigenvalue weighted by Gasteiger charge is 2.27. The van der Waals surface area contributed by atoms with Crippen LogP contribution in [0.25, 0.3) is 5.69 Å². The van der Waals surface area contributed by atoms with E-state index in [2.05, 4.69) is 10.4 Å². The first-order valence-corrected chi connectivity index (χ1v) is 7.92. The highest BCUT2D eigenvalue weighted by molar-refractivity contribution is 6.35. The third-order valence-electron chi connectivity index (χ3n) is 3.71. The summed E-state index contributed by atoms with van der Waals surface area (Å²) in [5, 5.41) is 8.34. The molecule has 1 aromatic heterocycles. The summed E-state index contributed by atoms with van der Waals surface area (Å²) in [4.78, 5) is 12.3. The van der Waals surface area contributed by atoms with Crippen LogP contribution < -0.4 is 11.1 Å². The third-order valence-corrected chi connectivity index (χ3v) is 4.25. The Hall–Kier alpha value is -1.56. The average molecular weight is 339 g/mol. The van der Waals surface area contributed by atoms with Gasteiger partial charge in [0.2, 0.25) is 0 Å². The van der Waals surface area contributed by atoms with E-state index in [4.69, 9.17) is 28.9 Å². The number of carbonyl (C=O) groups excluding carboxylic acids is 1. The van der Waals surface area contributed by atoms with E-state index in [-0.39, 0.29) is 5.91 Å². The van der Waals surface area contributed by atoms with Crippen molar-refractivity contribution in [1.82, 2.24) is 15.1 Å². The van der Waals surface area contributed by atoms with Crippen LogP contribution in [0.15, 0.2) is 18.2 Å². The number of aromatic nitrogens is 2. The van der Waals surface area contributed by atoms with Gasteiger partial charge in [0.1, 0.15) is 0 Å². The summed E-state index contributed by atoms with van der Waals surface area (Å²) >= 11 is 12.2. The van der Waals surface area contributed by atoms with Crippen LogP contribution in [0.1, 0.15) is 28.2 Å². The molecule has 0 atom stereocenters. The van der Waals surface area contributed by atoms with Crippen LogP contribution in [0.5, 0.6) is 0 Å². The molecule has 0 bridgehead atoms. The maximum absolute atomic E-state index is 12.3. The van der Waals surface area contributed by atoms with E-state index >= 15 is 0 Å². The Labute approximate surface area is 138 Å². The predicted molar refractivity (Wildman–Crippen MR) is 87.0 cm³/mol. The lowest BCUT2D eigenvalue weighted by atomic mass is 10.2. The van der Waals surface area contributed by atoms with Gasteiger partial charge in [0.15, 0.2) is 5.69 Å². The van der Waals surface area contributed by atoms with Crippen LogP contribution >= 0.6 is 23.2 Å². The summed E-state index contributed by atoms with van der Waals surface area (Å²) in [5.74, 6) is -0.188. The fourth-order valence-electron chi connectivity index (χ4n) is 2.74. The van der Waals surface area contributed by atoms with Crippen LogP contribution in [0, 0.1) is 0 Å². The number of halogens is 2. The summed E-state index contributed by atoms with van der Waals surface area (Å²) in [6.07, 6.45) is 2.74. The van der Waals surface area contributed by atoms with E-state index in [1.54, 1.807) is 16.8 Å². The Morgan fingerprint density at radius 2 is 2.18 bits per heavy atom. The standard InChI is InChI=1S/C15H16Cl2N4O/c16-9-4-5-13(11(17)8-9)21-12-3-1-2-10(12)14(20-21)15(22)19-7-6-18/h4-5,8H,1-3,6-7,18H2,(H,19,22). The Balaban J connectivity index is 2.04. The first-order chi connectivity index (χ1) is 10.6. The molecule has 0 unspecified atom stereocenters. The lowest BCUT2D eigenvalue weighted by molar-refractivity contribution is 0.0948. The molecule has 5 nitrogen and oxygen atoms in total. The molecule has 0 spiro atoms. The van der Waals surface area contributed by atoms with Crippen LogP contribution in [0.3, 0.4) is 0 Å². The van der Waals surface area contributed by atoms with Crippen molar-refractivity contribution in [2.75, 3.05) is 13.1 Å². The molecule has 1 amide bonds. The number of fused-ring (bicyclic) bond motifs is 1. The predicted octanol–water partition coefficient (Wildman–Crippen LogP) is 2.36. The summed E-state index contributed by atoms with van der Waals surface area (Å²) in [7, 11) is 0. The number of carbonyl (C=O) groups is 1. The van der Waals surface area contributed by atoms with Crippen molar-refractivity contribution in [3.63, 3.8) is 0 Å². The van der Waals surface area contributed by atoms with Crippen molar-refractivity contribution in [2.24, 2.45) is 5.73 Å². The van der Waals surface area contributed by atoms with Gasteiger partial charge in [-0.25, -0.2) is 4.68 Å². The van der Waals surface area contributed by atoms with Crippen molar-refractivity contribution in [3.8, 4) is 5.69 Å². The molecule has 1 heterocycles. The molecule has 0 radical (unpaired) electrons. The second-order valence-corrected chi connectivity index (χ2v) is 6.02. The van der Waals surface area contributed by atoms with Crippen LogP contribution in [-0.2, 0) is 12.8 Å². The summed E-state index contributed by atoms with van der Waals surface area (Å²) in [6.45, 7) is 0.833. The van der Waals surface area contributed by atoms with Gasteiger partial charge in [0.25, 0.3) is 5.91 Å². The molecule has 7 heteroatoms. The number of rotatable bonds is 4. The zero-order chi connectivity index (χ0) is 15.7. The lowest BCUT2D eigenvalue weighted by Crippen LogP contribution is -2.30. The molecule has 2 aromatic rings. The third kappa shape index (κ3) is 2.72. The quantitative estimate of drug-likeness (QED) is 0.898. The van der Waals surface area contributed by atoms with Gasteiger partial charge in [-0.05, 0) is 37.5 Å². The zero-order valence-electron chi connectivity index (χ0n) is 11.9. The number of nitrogens with two attached hydrogens (primary N) is 1. The van der Waals surface area contributed by atoms with Crippen LogP contribution in [0.2, 0.25) is 10.0 Å². The number of nitrogens with zero attached hydrogens (tertiary/aromatic N) is 2. The highest BCUT2D eigenvalue weighted by atomic mass is 35.5. The number of amides is 1. The normalized spacial score (nSPS) is 13.2. The topological polar surface area (TPSA) is 72.9 Å². The van der Waals surface area contributed by atoms with Crippen LogP contribution in [-0.4, -0.2) is 28.8 Å². The van der Waals surface area contributed by atoms with Crippen molar-refractivity contribution < 1.29 is 4.79 Å². The molecule has 3 N–H and O–H groups in total. The Morgan fingerprint density at radius 1 is 1.36 bits per heavy atom. The molecular formula is C15H16Cl2N4O. The summed E-state index contributed by atoms with van der Waals surface area (Å²) in [6, 6.07) is 5.26. The van der Waals surface area contributed by atoms with E-state index in [0.29, 0.717) is 28.8 Å². The number of hydrogen-bond acceptors (Lipinski definition) is 3. The molecule has 0 aliphatic heterocycles. The van der Waals surface area contributed by atoms with Crippen molar-refractivity contribution >= 4 is 29.1 Å². The maximum Gasteiger partial charge on any atom is 0.272 e. The zero-order valence-corrected chi connectivity index (χ0v) is 13.4. The molecule has 1 aliphatic carbocycles. The second-order valence-electron chi connectivity index (χ2n) is 5.18. The van der Waals surface area contributed by atoms with Gasteiger partial charge < -0.3 is 11.1 Å². The maximum atomic E-state index is 12.3. The molecule has 116 valence electrons. The van der Waals surface area contributed by atoms with Crippen molar-refractivity contribution in [3.05, 3.63) is 45.2 Å². The highest BCUT2D eigenvalue weighted by Crippen LogP contribution is 2.31. The summed E-state index contributed by atoms with van der Waals surface area (Å²) < 4.78 is 1.76. The number of nitrogens with one attached hydrogen (secondary N) is 1. The largest absolute Gasteiger partial charge is 0.349 e. The first-order valence-electron chi connectivity index (χ1n) is 7.16. The van der Waals surface area contributed by atoms with Gasteiger partial charge in [0.05, 0.1) is 10.7 Å². The fourth-order valence-corrected chi connectivity index (χ4v) is 3.23.